The third kappa shape index (κ3) is 5.46. The molecule has 2 aromatic rings. The topological polar surface area (TPSA) is 87.3 Å². The molecule has 0 atom stereocenters. The maximum atomic E-state index is 12.0. The summed E-state index contributed by atoms with van der Waals surface area (Å²) < 4.78 is 25.0. The minimum absolute atomic E-state index is 0.00303. The SMILES string of the molecule is CS(=O)(=O)Nc1ccccc1NC(=O)CNc1ccccc1Cl. The van der Waals surface area contributed by atoms with Crippen molar-refractivity contribution in [3.8, 4) is 0 Å². The number of benzene rings is 2. The zero-order chi connectivity index (χ0) is 16.9. The largest absolute Gasteiger partial charge is 0.375 e. The molecule has 6 nitrogen and oxygen atoms in total. The van der Waals surface area contributed by atoms with Gasteiger partial charge in [-0.2, -0.15) is 0 Å². The van der Waals surface area contributed by atoms with Crippen LogP contribution in [0.15, 0.2) is 48.5 Å². The van der Waals surface area contributed by atoms with Crippen LogP contribution < -0.4 is 15.4 Å². The van der Waals surface area contributed by atoms with Crippen LogP contribution in [-0.4, -0.2) is 27.1 Å². The number of anilines is 3. The lowest BCUT2D eigenvalue weighted by molar-refractivity contribution is -0.114. The molecule has 0 saturated carbocycles. The van der Waals surface area contributed by atoms with Crippen LogP contribution in [0.4, 0.5) is 17.1 Å². The van der Waals surface area contributed by atoms with Crippen molar-refractivity contribution in [3.05, 3.63) is 53.6 Å². The molecule has 0 saturated heterocycles. The fraction of sp³-hybridized carbons (Fsp3) is 0.133. The van der Waals surface area contributed by atoms with Gasteiger partial charge in [0, 0.05) is 0 Å². The first-order valence-corrected chi connectivity index (χ1v) is 8.97. The zero-order valence-corrected chi connectivity index (χ0v) is 13.9. The van der Waals surface area contributed by atoms with Crippen LogP contribution >= 0.6 is 11.6 Å². The summed E-state index contributed by atoms with van der Waals surface area (Å²) in [5.41, 5.74) is 1.33. The Morgan fingerprint density at radius 2 is 1.57 bits per heavy atom. The van der Waals surface area contributed by atoms with Gasteiger partial charge in [-0.1, -0.05) is 35.9 Å². The smallest absolute Gasteiger partial charge is 0.243 e. The molecule has 0 spiro atoms. The monoisotopic (exact) mass is 353 g/mol. The van der Waals surface area contributed by atoms with Crippen molar-refractivity contribution in [3.63, 3.8) is 0 Å². The average molecular weight is 354 g/mol. The molecule has 1 amide bonds. The number of amides is 1. The molecular formula is C15H16ClN3O3S. The molecule has 23 heavy (non-hydrogen) atoms. The Balaban J connectivity index is 2.02. The summed E-state index contributed by atoms with van der Waals surface area (Å²) >= 11 is 5.99. The minimum Gasteiger partial charge on any atom is -0.375 e. The van der Waals surface area contributed by atoms with Crippen molar-refractivity contribution in [2.75, 3.05) is 28.2 Å². The number of hydrogen-bond donors (Lipinski definition) is 3. The molecule has 0 aliphatic heterocycles. The van der Waals surface area contributed by atoms with Gasteiger partial charge in [-0.25, -0.2) is 8.42 Å². The highest BCUT2D eigenvalue weighted by Crippen LogP contribution is 2.22. The Kier molecular flexibility index (Phi) is 5.46. The first-order valence-electron chi connectivity index (χ1n) is 6.70. The number of nitrogens with one attached hydrogen (secondary N) is 3. The van der Waals surface area contributed by atoms with Gasteiger partial charge in [0.1, 0.15) is 0 Å². The molecule has 3 N–H and O–H groups in total. The molecule has 2 aromatic carbocycles. The third-order valence-electron chi connectivity index (χ3n) is 2.81. The van der Waals surface area contributed by atoms with E-state index in [0.29, 0.717) is 22.1 Å². The normalized spacial score (nSPS) is 10.9. The summed E-state index contributed by atoms with van der Waals surface area (Å²) in [5, 5.41) is 6.08. The van der Waals surface area contributed by atoms with Gasteiger partial charge in [-0.15, -0.1) is 0 Å². The standard InChI is InChI=1S/C15H16ClN3O3S/c1-23(21,22)19-14-9-5-4-8-13(14)18-15(20)10-17-12-7-3-2-6-11(12)16/h2-9,17,19H,10H2,1H3,(H,18,20). The predicted molar refractivity (Wildman–Crippen MR) is 93.5 cm³/mol. The van der Waals surface area contributed by atoms with Crippen molar-refractivity contribution < 1.29 is 13.2 Å². The summed E-state index contributed by atoms with van der Waals surface area (Å²) in [6.45, 7) is -0.00303. The Morgan fingerprint density at radius 1 is 1.00 bits per heavy atom. The van der Waals surface area contributed by atoms with E-state index in [4.69, 9.17) is 11.6 Å². The van der Waals surface area contributed by atoms with E-state index in [-0.39, 0.29) is 12.5 Å². The van der Waals surface area contributed by atoms with Crippen molar-refractivity contribution >= 4 is 44.6 Å². The first-order chi connectivity index (χ1) is 10.8. The van der Waals surface area contributed by atoms with Gasteiger partial charge in [0.25, 0.3) is 0 Å². The highest BCUT2D eigenvalue weighted by Gasteiger charge is 2.10. The lowest BCUT2D eigenvalue weighted by Gasteiger charge is -2.13. The Hall–Kier alpha value is -2.25. The quantitative estimate of drug-likeness (QED) is 0.745. The van der Waals surface area contributed by atoms with Crippen LogP contribution in [0.2, 0.25) is 5.02 Å². The molecule has 0 fully saturated rings. The second-order valence-electron chi connectivity index (χ2n) is 4.80. The van der Waals surface area contributed by atoms with Crippen molar-refractivity contribution in [2.24, 2.45) is 0 Å². The number of carbonyl (C=O) groups excluding carboxylic acids is 1. The van der Waals surface area contributed by atoms with Crippen molar-refractivity contribution in [1.29, 1.82) is 0 Å². The van der Waals surface area contributed by atoms with Gasteiger partial charge < -0.3 is 10.6 Å². The van der Waals surface area contributed by atoms with E-state index in [1.165, 1.54) is 0 Å². The molecule has 8 heteroatoms. The fourth-order valence-corrected chi connectivity index (χ4v) is 2.64. The van der Waals surface area contributed by atoms with Crippen molar-refractivity contribution in [1.82, 2.24) is 0 Å². The van der Waals surface area contributed by atoms with Gasteiger partial charge in [-0.05, 0) is 24.3 Å². The molecule has 0 heterocycles. The number of halogens is 1. The molecule has 0 radical (unpaired) electrons. The summed E-state index contributed by atoms with van der Waals surface area (Å²) in [6.07, 6.45) is 1.05. The minimum atomic E-state index is -3.43. The molecule has 0 aliphatic rings. The van der Waals surface area contributed by atoms with Gasteiger partial charge in [0.2, 0.25) is 15.9 Å². The highest BCUT2D eigenvalue weighted by atomic mass is 35.5. The van der Waals surface area contributed by atoms with E-state index in [2.05, 4.69) is 15.4 Å². The number of rotatable bonds is 6. The van der Waals surface area contributed by atoms with E-state index >= 15 is 0 Å². The van der Waals surface area contributed by atoms with Gasteiger partial charge >= 0.3 is 0 Å². The summed E-state index contributed by atoms with van der Waals surface area (Å²) in [7, 11) is -3.43. The first kappa shape index (κ1) is 17.1. The van der Waals surface area contributed by atoms with Crippen LogP contribution in [0.1, 0.15) is 0 Å². The Labute approximate surface area is 139 Å². The zero-order valence-electron chi connectivity index (χ0n) is 12.3. The summed E-state index contributed by atoms with van der Waals surface area (Å²) in [6, 6.07) is 13.6. The Bertz CT molecular complexity index is 809. The molecule has 0 aromatic heterocycles. The van der Waals surface area contributed by atoms with E-state index in [1.807, 2.05) is 0 Å². The van der Waals surface area contributed by atoms with Crippen LogP contribution in [-0.2, 0) is 14.8 Å². The van der Waals surface area contributed by atoms with Crippen molar-refractivity contribution in [2.45, 2.75) is 0 Å². The van der Waals surface area contributed by atoms with E-state index in [1.54, 1.807) is 48.5 Å². The third-order valence-corrected chi connectivity index (χ3v) is 3.73. The fourth-order valence-electron chi connectivity index (χ4n) is 1.86. The van der Waals surface area contributed by atoms with Gasteiger partial charge in [0.05, 0.1) is 34.9 Å². The molecule has 0 bridgehead atoms. The van der Waals surface area contributed by atoms with Gasteiger partial charge in [-0.3, -0.25) is 9.52 Å². The second-order valence-corrected chi connectivity index (χ2v) is 6.96. The number of carbonyl (C=O) groups is 1. The van der Waals surface area contributed by atoms with E-state index < -0.39 is 10.0 Å². The van der Waals surface area contributed by atoms with Gasteiger partial charge in [0.15, 0.2) is 0 Å². The molecule has 122 valence electrons. The Morgan fingerprint density at radius 3 is 2.17 bits per heavy atom. The maximum absolute atomic E-state index is 12.0. The van der Waals surface area contributed by atoms with E-state index in [9.17, 15) is 13.2 Å². The molecule has 2 rings (SSSR count). The van der Waals surface area contributed by atoms with Crippen LogP contribution in [0.3, 0.4) is 0 Å². The lowest BCUT2D eigenvalue weighted by Crippen LogP contribution is -2.23. The van der Waals surface area contributed by atoms with Crippen LogP contribution in [0.25, 0.3) is 0 Å². The maximum Gasteiger partial charge on any atom is 0.243 e. The number of sulfonamides is 1. The highest BCUT2D eigenvalue weighted by molar-refractivity contribution is 7.92. The summed E-state index contributed by atoms with van der Waals surface area (Å²) in [4.78, 5) is 12.0. The van der Waals surface area contributed by atoms with Crippen LogP contribution in [0, 0.1) is 0 Å². The second kappa shape index (κ2) is 7.34. The average Bonchev–Trinajstić information content (AvgIpc) is 2.47. The van der Waals surface area contributed by atoms with Crippen LogP contribution in [0.5, 0.6) is 0 Å². The number of para-hydroxylation sites is 3. The lowest BCUT2D eigenvalue weighted by atomic mass is 10.2. The number of hydrogen-bond acceptors (Lipinski definition) is 4. The predicted octanol–water partition coefficient (Wildman–Crippen LogP) is 2.76. The molecular weight excluding hydrogens is 338 g/mol. The molecule has 0 unspecified atom stereocenters. The summed E-state index contributed by atoms with van der Waals surface area (Å²) in [5.74, 6) is -0.326. The molecule has 0 aliphatic carbocycles. The van der Waals surface area contributed by atoms with E-state index in [0.717, 1.165) is 6.26 Å².